The summed E-state index contributed by atoms with van der Waals surface area (Å²) in [6.45, 7) is 3.74. The van der Waals surface area contributed by atoms with Crippen molar-refractivity contribution in [1.82, 2.24) is 4.98 Å². The molecule has 0 aliphatic carbocycles. The molecular weight excluding hydrogens is 306 g/mol. The summed E-state index contributed by atoms with van der Waals surface area (Å²) in [5.41, 5.74) is 3.01. The molecule has 0 bridgehead atoms. The predicted molar refractivity (Wildman–Crippen MR) is 91.0 cm³/mol. The van der Waals surface area contributed by atoms with Gasteiger partial charge in [-0.15, -0.1) is 0 Å². The van der Waals surface area contributed by atoms with Gasteiger partial charge < -0.3 is 0 Å². The fraction of sp³-hybridized carbons (Fsp3) is 0.105. The van der Waals surface area contributed by atoms with Crippen LogP contribution in [0.5, 0.6) is 0 Å². The zero-order chi connectivity index (χ0) is 16.4. The maximum absolute atomic E-state index is 13.1. The van der Waals surface area contributed by atoms with Crippen LogP contribution in [0.3, 0.4) is 0 Å². The van der Waals surface area contributed by atoms with E-state index in [0.29, 0.717) is 16.2 Å². The van der Waals surface area contributed by atoms with Crippen LogP contribution in [0, 0.1) is 13.8 Å². The van der Waals surface area contributed by atoms with Crippen molar-refractivity contribution in [1.29, 1.82) is 0 Å². The van der Waals surface area contributed by atoms with Crippen LogP contribution in [0.2, 0.25) is 0 Å². The Kier molecular flexibility index (Phi) is 4.01. The van der Waals surface area contributed by atoms with Crippen molar-refractivity contribution >= 4 is 9.84 Å². The van der Waals surface area contributed by atoms with Gasteiger partial charge in [-0.25, -0.2) is 8.42 Å². The Morgan fingerprint density at radius 3 is 2.04 bits per heavy atom. The SMILES string of the molecule is Cc1ccccc1S(=O)(=O)c1ccccc1-c1ncccc1C. The van der Waals surface area contributed by atoms with Crippen molar-refractivity contribution in [2.75, 3.05) is 0 Å². The van der Waals surface area contributed by atoms with Gasteiger partial charge in [0.25, 0.3) is 0 Å². The van der Waals surface area contributed by atoms with E-state index in [9.17, 15) is 8.42 Å². The summed E-state index contributed by atoms with van der Waals surface area (Å²) >= 11 is 0. The Labute approximate surface area is 136 Å². The Balaban J connectivity index is 2.27. The van der Waals surface area contributed by atoms with Crippen molar-refractivity contribution in [3.05, 3.63) is 78.0 Å². The molecule has 3 rings (SSSR count). The van der Waals surface area contributed by atoms with E-state index < -0.39 is 9.84 Å². The fourth-order valence-electron chi connectivity index (χ4n) is 2.64. The molecule has 0 radical (unpaired) electrons. The molecule has 4 heteroatoms. The molecule has 3 nitrogen and oxygen atoms in total. The summed E-state index contributed by atoms with van der Waals surface area (Å²) in [6, 6.07) is 17.8. The average molecular weight is 323 g/mol. The van der Waals surface area contributed by atoms with Gasteiger partial charge in [-0.3, -0.25) is 4.98 Å². The van der Waals surface area contributed by atoms with Crippen LogP contribution in [0.15, 0.2) is 76.7 Å². The highest BCUT2D eigenvalue weighted by Crippen LogP contribution is 2.32. The maximum atomic E-state index is 13.1. The summed E-state index contributed by atoms with van der Waals surface area (Å²) in [6.07, 6.45) is 1.68. The van der Waals surface area contributed by atoms with Crippen LogP contribution >= 0.6 is 0 Å². The zero-order valence-electron chi connectivity index (χ0n) is 13.0. The Morgan fingerprint density at radius 2 is 1.35 bits per heavy atom. The quantitative estimate of drug-likeness (QED) is 0.726. The van der Waals surface area contributed by atoms with Gasteiger partial charge in [0.2, 0.25) is 9.84 Å². The molecule has 23 heavy (non-hydrogen) atoms. The smallest absolute Gasteiger partial charge is 0.207 e. The third kappa shape index (κ3) is 2.78. The number of nitrogens with zero attached hydrogens (tertiary/aromatic N) is 1. The van der Waals surface area contributed by atoms with Gasteiger partial charge in [0.15, 0.2) is 0 Å². The number of benzene rings is 2. The van der Waals surface area contributed by atoms with Gasteiger partial charge >= 0.3 is 0 Å². The van der Waals surface area contributed by atoms with Gasteiger partial charge in [-0.05, 0) is 43.2 Å². The molecule has 116 valence electrons. The molecule has 2 aromatic carbocycles. The van der Waals surface area contributed by atoms with Crippen LogP contribution in [0.4, 0.5) is 0 Å². The monoisotopic (exact) mass is 323 g/mol. The first-order valence-corrected chi connectivity index (χ1v) is 8.82. The molecule has 0 aliphatic rings. The van der Waals surface area contributed by atoms with Crippen LogP contribution in [-0.2, 0) is 9.84 Å². The lowest BCUT2D eigenvalue weighted by molar-refractivity contribution is 0.595. The van der Waals surface area contributed by atoms with Gasteiger partial charge in [0.05, 0.1) is 15.5 Å². The van der Waals surface area contributed by atoms with E-state index in [1.54, 1.807) is 36.5 Å². The first kappa shape index (κ1) is 15.4. The Hall–Kier alpha value is -2.46. The first-order valence-electron chi connectivity index (χ1n) is 7.33. The number of hydrogen-bond acceptors (Lipinski definition) is 3. The van der Waals surface area contributed by atoms with Gasteiger partial charge in [-0.1, -0.05) is 42.5 Å². The molecule has 0 fully saturated rings. The summed E-state index contributed by atoms with van der Waals surface area (Å²) in [7, 11) is -3.61. The second-order valence-electron chi connectivity index (χ2n) is 5.43. The van der Waals surface area contributed by atoms with Gasteiger partial charge in [0, 0.05) is 11.8 Å². The molecule has 0 saturated carbocycles. The topological polar surface area (TPSA) is 47.0 Å². The second kappa shape index (κ2) is 5.97. The highest BCUT2D eigenvalue weighted by atomic mass is 32.2. The number of aromatic nitrogens is 1. The summed E-state index contributed by atoms with van der Waals surface area (Å²) in [5, 5.41) is 0. The van der Waals surface area contributed by atoms with E-state index in [-0.39, 0.29) is 4.90 Å². The molecule has 0 unspecified atom stereocenters. The van der Waals surface area contributed by atoms with Crippen molar-refractivity contribution in [2.45, 2.75) is 23.6 Å². The Morgan fingerprint density at radius 1 is 0.739 bits per heavy atom. The van der Waals surface area contributed by atoms with Gasteiger partial charge in [0.1, 0.15) is 0 Å². The largest absolute Gasteiger partial charge is 0.256 e. The normalized spacial score (nSPS) is 11.4. The fourth-order valence-corrected chi connectivity index (χ4v) is 4.34. The van der Waals surface area contributed by atoms with Crippen LogP contribution in [0.25, 0.3) is 11.3 Å². The van der Waals surface area contributed by atoms with E-state index in [2.05, 4.69) is 4.98 Å². The lowest BCUT2D eigenvalue weighted by atomic mass is 10.1. The van der Waals surface area contributed by atoms with E-state index in [1.807, 2.05) is 44.2 Å². The maximum Gasteiger partial charge on any atom is 0.207 e. The van der Waals surface area contributed by atoms with Crippen LogP contribution < -0.4 is 0 Å². The highest BCUT2D eigenvalue weighted by Gasteiger charge is 2.24. The van der Waals surface area contributed by atoms with E-state index in [1.165, 1.54) is 0 Å². The second-order valence-corrected chi connectivity index (χ2v) is 7.32. The molecule has 0 spiro atoms. The van der Waals surface area contributed by atoms with E-state index in [4.69, 9.17) is 0 Å². The highest BCUT2D eigenvalue weighted by molar-refractivity contribution is 7.91. The summed E-state index contributed by atoms with van der Waals surface area (Å²) < 4.78 is 26.3. The van der Waals surface area contributed by atoms with Crippen LogP contribution in [-0.4, -0.2) is 13.4 Å². The lowest BCUT2D eigenvalue weighted by Gasteiger charge is -2.13. The van der Waals surface area contributed by atoms with E-state index >= 15 is 0 Å². The Bertz CT molecular complexity index is 962. The molecule has 1 aromatic heterocycles. The number of aryl methyl sites for hydroxylation is 2. The zero-order valence-corrected chi connectivity index (χ0v) is 13.8. The number of hydrogen-bond donors (Lipinski definition) is 0. The van der Waals surface area contributed by atoms with Crippen molar-refractivity contribution in [2.24, 2.45) is 0 Å². The minimum absolute atomic E-state index is 0.288. The molecule has 0 aliphatic heterocycles. The van der Waals surface area contributed by atoms with E-state index in [0.717, 1.165) is 11.1 Å². The summed E-state index contributed by atoms with van der Waals surface area (Å²) in [4.78, 5) is 5.00. The van der Waals surface area contributed by atoms with Crippen molar-refractivity contribution in [3.63, 3.8) is 0 Å². The minimum atomic E-state index is -3.61. The summed E-state index contributed by atoms with van der Waals surface area (Å²) in [5.74, 6) is 0. The average Bonchev–Trinajstić information content (AvgIpc) is 2.55. The predicted octanol–water partition coefficient (Wildman–Crippen LogP) is 4.20. The minimum Gasteiger partial charge on any atom is -0.256 e. The first-order chi connectivity index (χ1) is 11.0. The van der Waals surface area contributed by atoms with Crippen molar-refractivity contribution in [3.8, 4) is 11.3 Å². The number of rotatable bonds is 3. The molecule has 0 amide bonds. The third-order valence-corrected chi connectivity index (χ3v) is 5.80. The van der Waals surface area contributed by atoms with Crippen molar-refractivity contribution < 1.29 is 8.42 Å². The third-order valence-electron chi connectivity index (χ3n) is 3.82. The lowest BCUT2D eigenvalue weighted by Crippen LogP contribution is -2.06. The number of pyridine rings is 1. The number of sulfone groups is 1. The molecular formula is C19H17NO2S. The van der Waals surface area contributed by atoms with Crippen LogP contribution in [0.1, 0.15) is 11.1 Å². The molecule has 0 saturated heterocycles. The standard InChI is InChI=1S/C19H17NO2S/c1-14-8-3-5-11-17(14)23(21,22)18-12-6-4-10-16(18)19-15(2)9-7-13-20-19/h3-13H,1-2H3. The molecule has 1 heterocycles. The molecule has 0 N–H and O–H groups in total. The molecule has 0 atom stereocenters. The van der Waals surface area contributed by atoms with Gasteiger partial charge in [-0.2, -0.15) is 0 Å². The molecule has 3 aromatic rings.